The summed E-state index contributed by atoms with van der Waals surface area (Å²) in [6.07, 6.45) is -0.182. The maximum absolute atomic E-state index is 12.3. The predicted molar refractivity (Wildman–Crippen MR) is 103 cm³/mol. The minimum Gasteiger partial charge on any atom is -0.466 e. The first-order valence-electron chi connectivity index (χ1n) is 8.35. The summed E-state index contributed by atoms with van der Waals surface area (Å²) in [4.78, 5) is 23.5. The number of benzene rings is 2. The molecule has 2 N–H and O–H groups in total. The van der Waals surface area contributed by atoms with Crippen molar-refractivity contribution < 1.29 is 27.6 Å². The fourth-order valence-corrected chi connectivity index (χ4v) is 2.98. The molecule has 0 spiro atoms. The molecule has 0 radical (unpaired) electrons. The van der Waals surface area contributed by atoms with Crippen LogP contribution in [-0.2, 0) is 19.6 Å². The van der Waals surface area contributed by atoms with E-state index in [0.29, 0.717) is 11.5 Å². The van der Waals surface area contributed by atoms with E-state index in [4.69, 9.17) is 9.47 Å². The number of nitrogens with zero attached hydrogens (tertiary/aromatic N) is 1. The molecule has 0 atom stereocenters. The topological polar surface area (TPSA) is 137 Å². The van der Waals surface area contributed by atoms with Gasteiger partial charge in [-0.1, -0.05) is 6.58 Å². The van der Waals surface area contributed by atoms with Crippen LogP contribution in [0.1, 0.15) is 13.3 Å². The number of rotatable bonds is 10. The van der Waals surface area contributed by atoms with Crippen molar-refractivity contribution in [3.8, 4) is 11.5 Å². The average molecular weight is 421 g/mol. The second-order valence-electron chi connectivity index (χ2n) is 5.64. The number of non-ortho nitro benzene ring substituents is 1. The summed E-state index contributed by atoms with van der Waals surface area (Å²) < 4.78 is 34.8. The molecule has 0 aliphatic carbocycles. The lowest BCUT2D eigenvalue weighted by atomic mass is 10.3. The highest BCUT2D eigenvalue weighted by atomic mass is 32.2. The lowest BCUT2D eigenvalue weighted by Crippen LogP contribution is -2.37. The molecule has 0 fully saturated rings. The summed E-state index contributed by atoms with van der Waals surface area (Å²) in [6, 6.07) is 11.0. The van der Waals surface area contributed by atoms with Gasteiger partial charge in [0.1, 0.15) is 11.5 Å². The summed E-state index contributed by atoms with van der Waals surface area (Å²) in [7, 11) is -3.91. The summed E-state index contributed by atoms with van der Waals surface area (Å²) in [5, 5.41) is 10.6. The standard InChI is InChI=1S/C18H19N3O7S/c1-3-27-18(22)12-13(2)19-20-29(25,26)17-10-8-16(9-11-17)28-15-6-4-14(5-7-15)21(23)24/h4-11,19-20H,2-3,12H2,1H3. The Bertz CT molecular complexity index is 987. The van der Waals surface area contributed by atoms with E-state index >= 15 is 0 Å². The molecule has 0 saturated heterocycles. The number of hydrogen-bond donors (Lipinski definition) is 2. The molecule has 2 aromatic carbocycles. The predicted octanol–water partition coefficient (Wildman–Crippen LogP) is 2.64. The van der Waals surface area contributed by atoms with E-state index in [-0.39, 0.29) is 29.3 Å². The fraction of sp³-hybridized carbons (Fsp3) is 0.167. The van der Waals surface area contributed by atoms with E-state index in [1.807, 2.05) is 0 Å². The highest BCUT2D eigenvalue weighted by Gasteiger charge is 2.15. The van der Waals surface area contributed by atoms with Crippen LogP contribution in [0.15, 0.2) is 65.7 Å². The van der Waals surface area contributed by atoms with Crippen LogP contribution in [0.2, 0.25) is 0 Å². The van der Waals surface area contributed by atoms with Crippen molar-refractivity contribution in [2.45, 2.75) is 18.2 Å². The van der Waals surface area contributed by atoms with Gasteiger partial charge in [0.05, 0.1) is 22.8 Å². The van der Waals surface area contributed by atoms with E-state index in [9.17, 15) is 23.3 Å². The van der Waals surface area contributed by atoms with Crippen LogP contribution in [0, 0.1) is 10.1 Å². The zero-order valence-electron chi connectivity index (χ0n) is 15.5. The quantitative estimate of drug-likeness (QED) is 0.339. The van der Waals surface area contributed by atoms with E-state index in [2.05, 4.69) is 16.8 Å². The second-order valence-corrected chi connectivity index (χ2v) is 7.32. The zero-order chi connectivity index (χ0) is 21.4. The van der Waals surface area contributed by atoms with Gasteiger partial charge < -0.3 is 14.9 Å². The van der Waals surface area contributed by atoms with E-state index in [1.165, 1.54) is 48.5 Å². The molecule has 0 aromatic heterocycles. The summed E-state index contributed by atoms with van der Waals surface area (Å²) in [6.45, 7) is 5.42. The van der Waals surface area contributed by atoms with Crippen LogP contribution in [0.5, 0.6) is 11.5 Å². The van der Waals surface area contributed by atoms with Gasteiger partial charge in [-0.15, -0.1) is 4.83 Å². The van der Waals surface area contributed by atoms with Crippen LogP contribution in [0.25, 0.3) is 0 Å². The number of nitrogens with one attached hydrogen (secondary N) is 2. The van der Waals surface area contributed by atoms with Gasteiger partial charge >= 0.3 is 5.97 Å². The van der Waals surface area contributed by atoms with Crippen LogP contribution in [0.3, 0.4) is 0 Å². The normalized spacial score (nSPS) is 10.8. The van der Waals surface area contributed by atoms with Gasteiger partial charge in [0, 0.05) is 17.8 Å². The van der Waals surface area contributed by atoms with Crippen molar-refractivity contribution in [2.75, 3.05) is 6.61 Å². The second kappa shape index (κ2) is 9.66. The molecular weight excluding hydrogens is 402 g/mol. The summed E-state index contributed by atoms with van der Waals surface area (Å²) in [5.74, 6) is 0.177. The molecule has 29 heavy (non-hydrogen) atoms. The first-order chi connectivity index (χ1) is 13.7. The van der Waals surface area contributed by atoms with Gasteiger partial charge in [0.25, 0.3) is 15.7 Å². The molecule has 0 bridgehead atoms. The maximum Gasteiger partial charge on any atom is 0.311 e. The molecule has 2 rings (SSSR count). The van der Waals surface area contributed by atoms with Crippen molar-refractivity contribution in [1.82, 2.24) is 10.3 Å². The van der Waals surface area contributed by atoms with E-state index in [0.717, 1.165) is 0 Å². The van der Waals surface area contributed by atoms with Crippen molar-refractivity contribution >= 4 is 21.7 Å². The number of esters is 1. The van der Waals surface area contributed by atoms with Gasteiger partial charge in [-0.3, -0.25) is 14.9 Å². The smallest absolute Gasteiger partial charge is 0.311 e. The largest absolute Gasteiger partial charge is 0.466 e. The van der Waals surface area contributed by atoms with Gasteiger partial charge in [-0.05, 0) is 43.3 Å². The molecule has 11 heteroatoms. The lowest BCUT2D eigenvalue weighted by molar-refractivity contribution is -0.384. The van der Waals surface area contributed by atoms with Crippen molar-refractivity contribution in [2.24, 2.45) is 0 Å². The number of carbonyl (C=O) groups is 1. The van der Waals surface area contributed by atoms with E-state index in [1.54, 1.807) is 6.92 Å². The van der Waals surface area contributed by atoms with Gasteiger partial charge in [-0.2, -0.15) is 0 Å². The number of carbonyl (C=O) groups excluding carboxylic acids is 1. The average Bonchev–Trinajstić information content (AvgIpc) is 2.67. The number of hydrazine groups is 1. The van der Waals surface area contributed by atoms with Crippen LogP contribution >= 0.6 is 0 Å². The first-order valence-corrected chi connectivity index (χ1v) is 9.83. The third-order valence-corrected chi connectivity index (χ3v) is 4.71. The molecule has 0 unspecified atom stereocenters. The molecule has 154 valence electrons. The third kappa shape index (κ3) is 6.59. The first kappa shape index (κ1) is 21.9. The number of sulfonamides is 1. The third-order valence-electron chi connectivity index (χ3n) is 3.44. The molecule has 2 aromatic rings. The van der Waals surface area contributed by atoms with Crippen molar-refractivity contribution in [3.63, 3.8) is 0 Å². The summed E-state index contributed by atoms with van der Waals surface area (Å²) in [5.41, 5.74) is 2.42. The Labute approximate surface area is 167 Å². The SMILES string of the molecule is C=C(CC(=O)OCC)NNS(=O)(=O)c1ccc(Oc2ccc([N+](=O)[O-])cc2)cc1. The Hall–Kier alpha value is -3.44. The maximum atomic E-state index is 12.3. The van der Waals surface area contributed by atoms with Crippen LogP contribution in [0.4, 0.5) is 5.69 Å². The molecular formula is C18H19N3O7S. The van der Waals surface area contributed by atoms with Crippen LogP contribution in [-0.4, -0.2) is 25.9 Å². The fourth-order valence-electron chi connectivity index (χ4n) is 2.09. The highest BCUT2D eigenvalue weighted by Crippen LogP contribution is 2.24. The highest BCUT2D eigenvalue weighted by molar-refractivity contribution is 7.89. The number of nitro groups is 1. The van der Waals surface area contributed by atoms with E-state index < -0.39 is 20.9 Å². The number of nitro benzene ring substituents is 1. The van der Waals surface area contributed by atoms with Gasteiger partial charge in [-0.25, -0.2) is 8.42 Å². The minimum atomic E-state index is -3.91. The summed E-state index contributed by atoms with van der Waals surface area (Å²) >= 11 is 0. The molecule has 10 nitrogen and oxygen atoms in total. The van der Waals surface area contributed by atoms with Gasteiger partial charge in [0.15, 0.2) is 0 Å². The van der Waals surface area contributed by atoms with Gasteiger partial charge in [0.2, 0.25) is 0 Å². The Morgan fingerprint density at radius 1 is 1.10 bits per heavy atom. The van der Waals surface area contributed by atoms with Crippen molar-refractivity contribution in [3.05, 3.63) is 70.9 Å². The lowest BCUT2D eigenvalue weighted by Gasteiger charge is -2.12. The molecule has 0 amide bonds. The van der Waals surface area contributed by atoms with Crippen molar-refractivity contribution in [1.29, 1.82) is 0 Å². The molecule has 0 heterocycles. The Morgan fingerprint density at radius 3 is 2.17 bits per heavy atom. The molecule has 0 aliphatic heterocycles. The zero-order valence-corrected chi connectivity index (χ0v) is 16.3. The van der Waals surface area contributed by atoms with Crippen LogP contribution < -0.4 is 15.0 Å². The number of hydrogen-bond acceptors (Lipinski definition) is 8. The molecule has 0 aliphatic rings. The monoisotopic (exact) mass is 421 g/mol. The Balaban J connectivity index is 1.96. The Morgan fingerprint density at radius 2 is 1.66 bits per heavy atom. The molecule has 0 saturated carbocycles. The minimum absolute atomic E-state index is 0.0509. The number of ether oxygens (including phenoxy) is 2. The Kier molecular flexibility index (Phi) is 7.28.